The molecule has 0 amide bonds. The number of alkyl halides is 6. The molecule has 0 aromatic heterocycles. The summed E-state index contributed by atoms with van der Waals surface area (Å²) in [6, 6.07) is 2.71. The molecule has 0 heterocycles. The third kappa shape index (κ3) is 2.78. The van der Waals surface area contributed by atoms with Gasteiger partial charge < -0.3 is 10.5 Å². The molecule has 0 bridgehead atoms. The molecule has 1 atom stereocenters. The molecule has 1 aliphatic carbocycles. The molecular weight excluding hydrogens is 381 g/mol. The van der Waals surface area contributed by atoms with E-state index in [9.17, 15) is 30.7 Å². The molecular formula is C17H9F7N2O. The van der Waals surface area contributed by atoms with Gasteiger partial charge in [-0.3, -0.25) is 0 Å². The third-order valence-electron chi connectivity index (χ3n) is 4.15. The Balaban J connectivity index is 2.17. The fourth-order valence-electron chi connectivity index (χ4n) is 2.91. The maximum Gasteiger partial charge on any atom is 0.337 e. The van der Waals surface area contributed by atoms with Crippen LogP contribution in [0.15, 0.2) is 30.3 Å². The number of halogens is 7. The predicted molar refractivity (Wildman–Crippen MR) is 78.4 cm³/mol. The van der Waals surface area contributed by atoms with E-state index in [-0.39, 0.29) is 5.56 Å². The van der Waals surface area contributed by atoms with Crippen LogP contribution in [-0.4, -0.2) is 5.92 Å². The van der Waals surface area contributed by atoms with Gasteiger partial charge in [0, 0.05) is 11.6 Å². The molecule has 27 heavy (non-hydrogen) atoms. The second-order valence-electron chi connectivity index (χ2n) is 5.80. The Morgan fingerprint density at radius 1 is 1.11 bits per heavy atom. The van der Waals surface area contributed by atoms with Gasteiger partial charge in [-0.2, -0.15) is 22.8 Å². The first-order chi connectivity index (χ1) is 12.5. The van der Waals surface area contributed by atoms with Crippen molar-refractivity contribution in [2.45, 2.75) is 24.3 Å². The average Bonchev–Trinajstić information content (AvgIpc) is 2.71. The van der Waals surface area contributed by atoms with Gasteiger partial charge in [-0.1, -0.05) is 0 Å². The van der Waals surface area contributed by atoms with Crippen LogP contribution in [0.5, 0.6) is 11.5 Å². The molecule has 3 rings (SSSR count). The largest absolute Gasteiger partial charge is 0.457 e. The lowest BCUT2D eigenvalue weighted by Gasteiger charge is -2.21. The second kappa shape index (κ2) is 6.13. The molecule has 0 spiro atoms. The van der Waals surface area contributed by atoms with Gasteiger partial charge in [-0.15, -0.1) is 0 Å². The van der Waals surface area contributed by atoms with Crippen LogP contribution >= 0.6 is 0 Å². The van der Waals surface area contributed by atoms with Gasteiger partial charge in [-0.25, -0.2) is 13.2 Å². The summed E-state index contributed by atoms with van der Waals surface area (Å²) in [5, 5.41) is 8.80. The number of rotatable bonds is 3. The van der Waals surface area contributed by atoms with Crippen molar-refractivity contribution in [3.63, 3.8) is 0 Å². The van der Waals surface area contributed by atoms with Crippen LogP contribution in [0.2, 0.25) is 0 Å². The minimum Gasteiger partial charge on any atom is -0.457 e. The summed E-state index contributed by atoms with van der Waals surface area (Å²) < 4.78 is 101. The summed E-state index contributed by atoms with van der Waals surface area (Å²) in [5.74, 6) is -11.6. The highest BCUT2D eigenvalue weighted by atomic mass is 19.3. The Hall–Kier alpha value is -2.80. The second-order valence-corrected chi connectivity index (χ2v) is 5.80. The monoisotopic (exact) mass is 390 g/mol. The number of hydrogen-bond donors (Lipinski definition) is 1. The van der Waals surface area contributed by atoms with Crippen molar-refractivity contribution in [2.24, 2.45) is 5.73 Å². The van der Waals surface area contributed by atoms with E-state index >= 15 is 0 Å². The van der Waals surface area contributed by atoms with E-state index in [1.54, 1.807) is 6.07 Å². The van der Waals surface area contributed by atoms with E-state index in [4.69, 9.17) is 15.7 Å². The molecule has 2 aromatic carbocycles. The zero-order valence-corrected chi connectivity index (χ0v) is 13.1. The van der Waals surface area contributed by atoms with Crippen molar-refractivity contribution in [3.8, 4) is 17.6 Å². The molecule has 10 heteroatoms. The minimum atomic E-state index is -4.77. The van der Waals surface area contributed by atoms with Crippen LogP contribution in [0.1, 0.15) is 34.7 Å². The molecule has 1 aliphatic rings. The van der Waals surface area contributed by atoms with E-state index in [2.05, 4.69) is 0 Å². The summed E-state index contributed by atoms with van der Waals surface area (Å²) in [4.78, 5) is 0. The number of nitriles is 1. The average molecular weight is 390 g/mol. The van der Waals surface area contributed by atoms with Crippen LogP contribution in [0.4, 0.5) is 30.7 Å². The normalized spacial score (nSPS) is 19.6. The molecule has 0 radical (unpaired) electrons. The summed E-state index contributed by atoms with van der Waals surface area (Å²) in [6.07, 6.45) is -3.48. The zero-order valence-electron chi connectivity index (χ0n) is 13.1. The topological polar surface area (TPSA) is 59.0 Å². The van der Waals surface area contributed by atoms with E-state index in [1.165, 1.54) is 0 Å². The Kier molecular flexibility index (Phi) is 4.31. The molecule has 2 N–H and O–H groups in total. The van der Waals surface area contributed by atoms with Crippen LogP contribution in [0.3, 0.4) is 0 Å². The molecule has 0 unspecified atom stereocenters. The summed E-state index contributed by atoms with van der Waals surface area (Å²) >= 11 is 0. The number of benzene rings is 2. The highest BCUT2D eigenvalue weighted by Gasteiger charge is 2.68. The van der Waals surface area contributed by atoms with E-state index in [1.807, 2.05) is 0 Å². The highest BCUT2D eigenvalue weighted by Crippen LogP contribution is 2.59. The Bertz CT molecular complexity index is 953. The lowest BCUT2D eigenvalue weighted by Crippen LogP contribution is -2.40. The van der Waals surface area contributed by atoms with E-state index in [0.717, 1.165) is 18.2 Å². The Morgan fingerprint density at radius 2 is 1.78 bits per heavy atom. The van der Waals surface area contributed by atoms with Crippen LogP contribution in [0, 0.1) is 17.1 Å². The van der Waals surface area contributed by atoms with E-state index in [0.29, 0.717) is 12.1 Å². The molecule has 0 aliphatic heterocycles. The quantitative estimate of drug-likeness (QED) is 0.736. The van der Waals surface area contributed by atoms with Gasteiger partial charge in [0.1, 0.15) is 23.4 Å². The zero-order chi connectivity index (χ0) is 20.1. The van der Waals surface area contributed by atoms with Gasteiger partial charge >= 0.3 is 11.8 Å². The van der Waals surface area contributed by atoms with Crippen molar-refractivity contribution in [1.82, 2.24) is 0 Å². The Morgan fingerprint density at radius 3 is 2.37 bits per heavy atom. The van der Waals surface area contributed by atoms with Crippen LogP contribution < -0.4 is 10.5 Å². The maximum absolute atomic E-state index is 13.9. The number of nitrogens with two attached hydrogens (primary N) is 1. The summed E-state index contributed by atoms with van der Waals surface area (Å²) in [7, 11) is 0. The number of ether oxygens (including phenoxy) is 1. The maximum atomic E-state index is 13.9. The van der Waals surface area contributed by atoms with E-state index < -0.39 is 58.3 Å². The van der Waals surface area contributed by atoms with Gasteiger partial charge in [0.15, 0.2) is 0 Å². The summed E-state index contributed by atoms with van der Waals surface area (Å²) in [5.41, 5.74) is 1.28. The van der Waals surface area contributed by atoms with Crippen molar-refractivity contribution in [3.05, 3.63) is 58.4 Å². The lowest BCUT2D eigenvalue weighted by atomic mass is 9.99. The molecule has 3 nitrogen and oxygen atoms in total. The predicted octanol–water partition coefficient (Wildman–Crippen LogP) is 5.17. The number of nitrogens with zero attached hydrogens (tertiary/aromatic N) is 1. The molecule has 0 fully saturated rings. The van der Waals surface area contributed by atoms with Crippen molar-refractivity contribution < 1.29 is 35.5 Å². The SMILES string of the molecule is N#Cc1cc(F)cc(Oc2ccc3c(c2C(F)F)[C@@H](N)C(F)(F)C3(F)F)c1. The Labute approximate surface area is 147 Å². The fourth-order valence-corrected chi connectivity index (χ4v) is 2.91. The molecule has 142 valence electrons. The van der Waals surface area contributed by atoms with Crippen molar-refractivity contribution in [2.75, 3.05) is 0 Å². The molecule has 0 saturated heterocycles. The first kappa shape index (κ1) is 19.0. The van der Waals surface area contributed by atoms with Gasteiger partial charge in [-0.05, 0) is 29.8 Å². The van der Waals surface area contributed by atoms with Crippen molar-refractivity contribution >= 4 is 0 Å². The molecule has 2 aromatic rings. The van der Waals surface area contributed by atoms with Crippen molar-refractivity contribution in [1.29, 1.82) is 5.26 Å². The van der Waals surface area contributed by atoms with Crippen LogP contribution in [0.25, 0.3) is 0 Å². The third-order valence-corrected chi connectivity index (χ3v) is 4.15. The molecule has 0 saturated carbocycles. The lowest BCUT2D eigenvalue weighted by molar-refractivity contribution is -0.214. The number of fused-ring (bicyclic) bond motifs is 1. The minimum absolute atomic E-state index is 0.195. The van der Waals surface area contributed by atoms with Gasteiger partial charge in [0.05, 0.1) is 17.2 Å². The standard InChI is InChI=1S/C17H9F7N2O/c18-8-3-7(6-25)4-9(5-8)27-11-2-1-10-12(13(11)15(19)20)14(26)17(23,24)16(10,21)22/h1-5,14-15H,26H2/t14-/m1/s1. The first-order valence-corrected chi connectivity index (χ1v) is 7.36. The summed E-state index contributed by atoms with van der Waals surface area (Å²) in [6.45, 7) is 0. The van der Waals surface area contributed by atoms with Gasteiger partial charge in [0.25, 0.3) is 6.43 Å². The fraction of sp³-hybridized carbons (Fsp3) is 0.235. The highest BCUT2D eigenvalue weighted by molar-refractivity contribution is 5.55. The van der Waals surface area contributed by atoms with Crippen LogP contribution in [-0.2, 0) is 5.92 Å². The number of hydrogen-bond acceptors (Lipinski definition) is 3. The smallest absolute Gasteiger partial charge is 0.337 e. The first-order valence-electron chi connectivity index (χ1n) is 7.36. The van der Waals surface area contributed by atoms with Gasteiger partial charge in [0.2, 0.25) is 0 Å².